The largest absolute Gasteiger partial charge is 0.460 e. The van der Waals surface area contributed by atoms with E-state index in [1.807, 2.05) is 34.6 Å². The summed E-state index contributed by atoms with van der Waals surface area (Å²) < 4.78 is 52.6. The van der Waals surface area contributed by atoms with Gasteiger partial charge in [-0.15, -0.1) is 0 Å². The number of hydrogen-bond donors (Lipinski definition) is 1. The standard InChI is InChI=1S/C32H41ClF3N5O2/c1-19-14-26(39-41(19)30(3,4)5)38-28-24(35)15-23(34)25(37-28)17-32(29(42)43-31(6,7)8)12-13-40(20(2)16-32)18-21-10-9-11-22(33)27(21)36/h9-11,14-15,20H,12-13,16-18H2,1-8H3,(H,37,38,39)/t20-,32?/m1/s1. The minimum absolute atomic E-state index is 0.0490. The average Bonchev–Trinajstić information content (AvgIpc) is 3.26. The lowest BCUT2D eigenvalue weighted by molar-refractivity contribution is -0.172. The fourth-order valence-corrected chi connectivity index (χ4v) is 5.87. The number of likely N-dealkylation sites (tertiary alicyclic amines) is 1. The van der Waals surface area contributed by atoms with E-state index in [-0.39, 0.29) is 34.5 Å². The van der Waals surface area contributed by atoms with Crippen molar-refractivity contribution >= 4 is 29.2 Å². The van der Waals surface area contributed by atoms with Gasteiger partial charge in [0.05, 0.1) is 21.7 Å². The molecule has 1 aliphatic heterocycles. The quantitative estimate of drug-likeness (QED) is 0.273. The zero-order chi connectivity index (χ0) is 31.9. The molecule has 1 unspecified atom stereocenters. The molecule has 0 spiro atoms. The molecule has 1 N–H and O–H groups in total. The van der Waals surface area contributed by atoms with Crippen molar-refractivity contribution in [3.05, 3.63) is 69.8 Å². The molecule has 2 aromatic heterocycles. The summed E-state index contributed by atoms with van der Waals surface area (Å²) in [5.41, 5.74) is -0.949. The van der Waals surface area contributed by atoms with Crippen molar-refractivity contribution in [1.82, 2.24) is 19.7 Å². The molecule has 0 saturated carbocycles. The molecule has 3 aromatic rings. The zero-order valence-corrected chi connectivity index (χ0v) is 26.9. The van der Waals surface area contributed by atoms with Gasteiger partial charge in [-0.1, -0.05) is 23.7 Å². The van der Waals surface area contributed by atoms with Crippen molar-refractivity contribution in [3.63, 3.8) is 0 Å². The third-order valence-corrected chi connectivity index (χ3v) is 7.99. The van der Waals surface area contributed by atoms with Crippen LogP contribution in [0.25, 0.3) is 0 Å². The highest BCUT2D eigenvalue weighted by molar-refractivity contribution is 6.30. The Labute approximate surface area is 256 Å². The summed E-state index contributed by atoms with van der Waals surface area (Å²) in [6.45, 7) is 15.9. The number of benzene rings is 1. The number of nitrogens with one attached hydrogen (secondary N) is 1. The maximum absolute atomic E-state index is 15.3. The van der Waals surface area contributed by atoms with Crippen molar-refractivity contribution in [2.45, 2.75) is 98.4 Å². The molecule has 1 saturated heterocycles. The van der Waals surface area contributed by atoms with Gasteiger partial charge in [-0.05, 0) is 80.8 Å². The highest BCUT2D eigenvalue weighted by atomic mass is 35.5. The molecule has 1 fully saturated rings. The number of anilines is 2. The first-order valence-electron chi connectivity index (χ1n) is 14.5. The highest BCUT2D eigenvalue weighted by Gasteiger charge is 2.47. The van der Waals surface area contributed by atoms with Gasteiger partial charge in [-0.25, -0.2) is 18.2 Å². The molecule has 3 heterocycles. The second-order valence-corrected chi connectivity index (χ2v) is 14.0. The smallest absolute Gasteiger partial charge is 0.313 e. The van der Waals surface area contributed by atoms with Gasteiger partial charge in [-0.2, -0.15) is 5.10 Å². The summed E-state index contributed by atoms with van der Waals surface area (Å²) in [5, 5.41) is 7.46. The minimum atomic E-state index is -1.14. The summed E-state index contributed by atoms with van der Waals surface area (Å²) in [4.78, 5) is 20.2. The van der Waals surface area contributed by atoms with E-state index in [1.165, 1.54) is 6.07 Å². The number of piperidine rings is 1. The summed E-state index contributed by atoms with van der Waals surface area (Å²) in [6, 6.07) is 7.23. The predicted octanol–water partition coefficient (Wildman–Crippen LogP) is 7.71. The van der Waals surface area contributed by atoms with Crippen molar-refractivity contribution in [2.75, 3.05) is 11.9 Å². The second-order valence-electron chi connectivity index (χ2n) is 13.6. The minimum Gasteiger partial charge on any atom is -0.460 e. The third-order valence-electron chi connectivity index (χ3n) is 7.70. The molecule has 7 nitrogen and oxygen atoms in total. The number of ether oxygens (including phenoxy) is 1. The first-order chi connectivity index (χ1) is 19.9. The lowest BCUT2D eigenvalue weighted by Crippen LogP contribution is -2.51. The van der Waals surface area contributed by atoms with Gasteiger partial charge in [0.15, 0.2) is 17.5 Å². The number of nitrogens with zero attached hydrogens (tertiary/aromatic N) is 4. The first-order valence-corrected chi connectivity index (χ1v) is 14.9. The van der Waals surface area contributed by atoms with Crippen LogP contribution >= 0.6 is 11.6 Å². The van der Waals surface area contributed by atoms with Gasteiger partial charge in [-0.3, -0.25) is 14.4 Å². The molecule has 0 amide bonds. The number of pyridine rings is 1. The molecular weight excluding hydrogens is 579 g/mol. The number of rotatable bonds is 7. The number of carbonyl (C=O) groups excluding carboxylic acids is 1. The van der Waals surface area contributed by atoms with E-state index in [4.69, 9.17) is 16.3 Å². The van der Waals surface area contributed by atoms with Crippen LogP contribution in [-0.2, 0) is 28.0 Å². The van der Waals surface area contributed by atoms with Crippen LogP contribution in [0.1, 0.15) is 78.3 Å². The topological polar surface area (TPSA) is 72.3 Å². The van der Waals surface area contributed by atoms with Gasteiger partial charge < -0.3 is 10.1 Å². The Morgan fingerprint density at radius 2 is 1.84 bits per heavy atom. The predicted molar refractivity (Wildman–Crippen MR) is 162 cm³/mol. The van der Waals surface area contributed by atoms with E-state index >= 15 is 4.39 Å². The second kappa shape index (κ2) is 12.1. The van der Waals surface area contributed by atoms with Crippen LogP contribution < -0.4 is 5.32 Å². The van der Waals surface area contributed by atoms with E-state index in [0.717, 1.165) is 11.8 Å². The summed E-state index contributed by atoms with van der Waals surface area (Å²) in [7, 11) is 0. The molecule has 0 aliphatic carbocycles. The number of carbonyl (C=O) groups is 1. The maximum Gasteiger partial charge on any atom is 0.313 e. The van der Waals surface area contributed by atoms with Gasteiger partial charge in [0.1, 0.15) is 17.2 Å². The summed E-state index contributed by atoms with van der Waals surface area (Å²) in [6.07, 6.45) is 0.521. The van der Waals surface area contributed by atoms with Crippen LogP contribution in [0.3, 0.4) is 0 Å². The lowest BCUT2D eigenvalue weighted by Gasteiger charge is -2.45. The SMILES string of the molecule is Cc1cc(Nc2nc(CC3(C(=O)OC(C)(C)C)CCN(Cc4cccc(Cl)c4F)[C@H](C)C3)c(F)cc2F)nn1C(C)(C)C. The van der Waals surface area contributed by atoms with Gasteiger partial charge in [0, 0.05) is 42.4 Å². The van der Waals surface area contributed by atoms with Crippen molar-refractivity contribution in [2.24, 2.45) is 5.41 Å². The lowest BCUT2D eigenvalue weighted by atomic mass is 9.72. The molecule has 1 aromatic carbocycles. The van der Waals surface area contributed by atoms with Crippen LogP contribution in [0, 0.1) is 29.8 Å². The highest BCUT2D eigenvalue weighted by Crippen LogP contribution is 2.41. The number of esters is 1. The zero-order valence-electron chi connectivity index (χ0n) is 26.1. The van der Waals surface area contributed by atoms with E-state index in [0.29, 0.717) is 37.3 Å². The molecule has 43 heavy (non-hydrogen) atoms. The van der Waals surface area contributed by atoms with Gasteiger partial charge in [0.2, 0.25) is 0 Å². The molecular formula is C32H41ClF3N5O2. The van der Waals surface area contributed by atoms with E-state index in [2.05, 4.69) is 20.3 Å². The number of aryl methyl sites for hydroxylation is 1. The van der Waals surface area contributed by atoms with Crippen LogP contribution in [0.15, 0.2) is 30.3 Å². The summed E-state index contributed by atoms with van der Waals surface area (Å²) in [5.74, 6) is -2.48. The molecule has 0 radical (unpaired) electrons. The monoisotopic (exact) mass is 619 g/mol. The first kappa shape index (κ1) is 32.8. The third kappa shape index (κ3) is 7.52. The Balaban J connectivity index is 1.64. The van der Waals surface area contributed by atoms with E-state index in [9.17, 15) is 13.6 Å². The molecule has 0 bridgehead atoms. The summed E-state index contributed by atoms with van der Waals surface area (Å²) >= 11 is 5.99. The van der Waals surface area contributed by atoms with E-state index < -0.39 is 34.4 Å². The number of aromatic nitrogens is 3. The van der Waals surface area contributed by atoms with Crippen LogP contribution in [-0.4, -0.2) is 43.8 Å². The Morgan fingerprint density at radius 3 is 2.44 bits per heavy atom. The molecule has 4 rings (SSSR count). The Morgan fingerprint density at radius 1 is 1.14 bits per heavy atom. The van der Waals surface area contributed by atoms with Gasteiger partial charge >= 0.3 is 5.97 Å². The van der Waals surface area contributed by atoms with Crippen molar-refractivity contribution in [1.29, 1.82) is 0 Å². The maximum atomic E-state index is 15.3. The fourth-order valence-electron chi connectivity index (χ4n) is 5.68. The van der Waals surface area contributed by atoms with Crippen molar-refractivity contribution < 1.29 is 22.7 Å². The van der Waals surface area contributed by atoms with Gasteiger partial charge in [0.25, 0.3) is 0 Å². The van der Waals surface area contributed by atoms with Crippen LogP contribution in [0.4, 0.5) is 24.8 Å². The Kier molecular flexibility index (Phi) is 9.24. The van der Waals surface area contributed by atoms with Crippen molar-refractivity contribution in [3.8, 4) is 0 Å². The molecule has 2 atom stereocenters. The Hall–Kier alpha value is -3.11. The van der Waals surface area contributed by atoms with Crippen LogP contribution in [0.5, 0.6) is 0 Å². The van der Waals surface area contributed by atoms with Crippen LogP contribution in [0.2, 0.25) is 5.02 Å². The Bertz CT molecular complexity index is 1500. The fraction of sp³-hybridized carbons (Fsp3) is 0.531. The average molecular weight is 620 g/mol. The van der Waals surface area contributed by atoms with E-state index in [1.54, 1.807) is 43.7 Å². The normalized spacial score (nSPS) is 19.9. The molecule has 1 aliphatic rings. The molecule has 11 heteroatoms. The molecule has 234 valence electrons. The number of hydrogen-bond acceptors (Lipinski definition) is 6. The number of halogens is 4.